The number of anilines is 1. The van der Waals surface area contributed by atoms with Crippen LogP contribution in [0.15, 0.2) is 18.2 Å². The summed E-state index contributed by atoms with van der Waals surface area (Å²) in [5.74, 6) is 0. The minimum atomic E-state index is 0.225. The fraction of sp³-hybridized carbons (Fsp3) is 0.533. The second kappa shape index (κ2) is 5.88. The molecule has 0 aromatic heterocycles. The lowest BCUT2D eigenvalue weighted by atomic mass is 10.1. The van der Waals surface area contributed by atoms with Gasteiger partial charge in [-0.05, 0) is 63.2 Å². The van der Waals surface area contributed by atoms with Gasteiger partial charge in [0.25, 0.3) is 0 Å². The third kappa shape index (κ3) is 3.91. The molecule has 1 aliphatic rings. The molecule has 0 spiro atoms. The van der Waals surface area contributed by atoms with Crippen LogP contribution in [-0.2, 0) is 4.74 Å². The first-order valence-corrected chi connectivity index (χ1v) is 7.14. The molecule has 1 aromatic carbocycles. The molecule has 3 nitrogen and oxygen atoms in total. The number of hydrogen-bond acceptors (Lipinski definition) is 2. The van der Waals surface area contributed by atoms with Gasteiger partial charge in [0.15, 0.2) is 5.11 Å². The zero-order chi connectivity index (χ0) is 14.0. The maximum atomic E-state index is 5.73. The molecule has 0 amide bonds. The smallest absolute Gasteiger partial charge is 0.173 e. The van der Waals surface area contributed by atoms with E-state index in [1.165, 1.54) is 11.1 Å². The lowest BCUT2D eigenvalue weighted by Gasteiger charge is -2.37. The number of nitrogens with one attached hydrogen (secondary N) is 1. The van der Waals surface area contributed by atoms with Gasteiger partial charge in [0.05, 0.1) is 12.2 Å². The van der Waals surface area contributed by atoms with E-state index in [1.54, 1.807) is 0 Å². The van der Waals surface area contributed by atoms with Crippen LogP contribution in [0.4, 0.5) is 5.69 Å². The fourth-order valence-electron chi connectivity index (χ4n) is 2.59. The number of rotatable bonds is 1. The van der Waals surface area contributed by atoms with Crippen LogP contribution in [0.25, 0.3) is 0 Å². The highest BCUT2D eigenvalue weighted by atomic mass is 32.1. The van der Waals surface area contributed by atoms with Gasteiger partial charge in [-0.15, -0.1) is 0 Å². The van der Waals surface area contributed by atoms with Crippen molar-refractivity contribution in [1.82, 2.24) is 4.90 Å². The Morgan fingerprint density at radius 2 is 1.68 bits per heavy atom. The van der Waals surface area contributed by atoms with Crippen molar-refractivity contribution in [2.45, 2.75) is 39.9 Å². The highest BCUT2D eigenvalue weighted by molar-refractivity contribution is 7.80. The van der Waals surface area contributed by atoms with Gasteiger partial charge in [0.2, 0.25) is 0 Å². The van der Waals surface area contributed by atoms with Crippen molar-refractivity contribution in [3.8, 4) is 0 Å². The third-order valence-corrected chi connectivity index (χ3v) is 3.54. The molecular formula is C15H22N2OS. The molecule has 1 saturated heterocycles. The molecule has 104 valence electrons. The monoisotopic (exact) mass is 278 g/mol. The molecule has 2 atom stereocenters. The summed E-state index contributed by atoms with van der Waals surface area (Å²) in [6.45, 7) is 10.1. The number of benzene rings is 1. The van der Waals surface area contributed by atoms with Crippen molar-refractivity contribution in [1.29, 1.82) is 0 Å². The molecule has 1 fully saturated rings. The Hall–Kier alpha value is -1.13. The topological polar surface area (TPSA) is 24.5 Å². The normalized spacial score (nSPS) is 23.3. The highest BCUT2D eigenvalue weighted by Crippen LogP contribution is 2.16. The Bertz CT molecular complexity index is 445. The molecule has 19 heavy (non-hydrogen) atoms. The van der Waals surface area contributed by atoms with Crippen molar-refractivity contribution in [3.05, 3.63) is 29.3 Å². The zero-order valence-electron chi connectivity index (χ0n) is 12.1. The van der Waals surface area contributed by atoms with Gasteiger partial charge in [-0.3, -0.25) is 0 Å². The van der Waals surface area contributed by atoms with Crippen molar-refractivity contribution in [2.75, 3.05) is 18.4 Å². The number of aryl methyl sites for hydroxylation is 2. The Balaban J connectivity index is 2.04. The van der Waals surface area contributed by atoms with Crippen LogP contribution in [0.5, 0.6) is 0 Å². The van der Waals surface area contributed by atoms with E-state index in [9.17, 15) is 0 Å². The minimum Gasteiger partial charge on any atom is -0.372 e. The standard InChI is InChI=1S/C15H22N2OS/c1-10-5-11(2)7-14(6-10)16-15(19)17-8-12(3)18-13(4)9-17/h5-7,12-13H,8-9H2,1-4H3,(H,16,19)/t12-,13+. The van der Waals surface area contributed by atoms with E-state index in [1.807, 2.05) is 0 Å². The van der Waals surface area contributed by atoms with E-state index < -0.39 is 0 Å². The molecule has 0 radical (unpaired) electrons. The second-order valence-corrected chi connectivity index (χ2v) is 5.86. The molecule has 0 saturated carbocycles. The lowest BCUT2D eigenvalue weighted by Crippen LogP contribution is -2.49. The van der Waals surface area contributed by atoms with Crippen molar-refractivity contribution in [3.63, 3.8) is 0 Å². The Morgan fingerprint density at radius 1 is 1.16 bits per heavy atom. The SMILES string of the molecule is Cc1cc(C)cc(NC(=S)N2C[C@@H](C)O[C@@H](C)C2)c1. The first kappa shape index (κ1) is 14.3. The molecule has 1 N–H and O–H groups in total. The zero-order valence-corrected chi connectivity index (χ0v) is 12.9. The largest absolute Gasteiger partial charge is 0.372 e. The van der Waals surface area contributed by atoms with Crippen molar-refractivity contribution in [2.24, 2.45) is 0 Å². The predicted octanol–water partition coefficient (Wildman–Crippen LogP) is 3.11. The molecule has 1 aromatic rings. The van der Waals surface area contributed by atoms with Gasteiger partial charge in [-0.25, -0.2) is 0 Å². The second-order valence-electron chi connectivity index (χ2n) is 5.47. The van der Waals surface area contributed by atoms with Gasteiger partial charge in [0, 0.05) is 18.8 Å². The summed E-state index contributed by atoms with van der Waals surface area (Å²) in [7, 11) is 0. The predicted molar refractivity (Wildman–Crippen MR) is 83.7 cm³/mol. The summed E-state index contributed by atoms with van der Waals surface area (Å²) in [5, 5.41) is 4.12. The number of nitrogens with zero attached hydrogens (tertiary/aromatic N) is 1. The minimum absolute atomic E-state index is 0.225. The van der Waals surface area contributed by atoms with Crippen LogP contribution in [0, 0.1) is 13.8 Å². The summed E-state index contributed by atoms with van der Waals surface area (Å²) in [5.41, 5.74) is 3.55. The van der Waals surface area contributed by atoms with Gasteiger partial charge in [0.1, 0.15) is 0 Å². The number of thiocarbonyl (C=S) groups is 1. The van der Waals surface area contributed by atoms with E-state index in [0.29, 0.717) is 0 Å². The molecule has 0 bridgehead atoms. The molecule has 4 heteroatoms. The first-order valence-electron chi connectivity index (χ1n) is 6.73. The van der Waals surface area contributed by atoms with Gasteiger partial charge < -0.3 is 15.0 Å². The summed E-state index contributed by atoms with van der Waals surface area (Å²) < 4.78 is 5.73. The van der Waals surface area contributed by atoms with Crippen molar-refractivity contribution >= 4 is 23.0 Å². The van der Waals surface area contributed by atoms with Gasteiger partial charge >= 0.3 is 0 Å². The fourth-order valence-corrected chi connectivity index (χ4v) is 2.86. The molecule has 1 heterocycles. The summed E-state index contributed by atoms with van der Waals surface area (Å²) in [6.07, 6.45) is 0.450. The van der Waals surface area contributed by atoms with E-state index >= 15 is 0 Å². The Kier molecular flexibility index (Phi) is 4.42. The van der Waals surface area contributed by atoms with Crippen molar-refractivity contribution < 1.29 is 4.74 Å². The Labute approximate surface area is 120 Å². The number of ether oxygens (including phenoxy) is 1. The number of morpholine rings is 1. The molecule has 0 aliphatic carbocycles. The summed E-state index contributed by atoms with van der Waals surface area (Å²) >= 11 is 5.51. The molecule has 0 unspecified atom stereocenters. The van der Waals surface area contributed by atoms with Gasteiger partial charge in [-0.2, -0.15) is 0 Å². The average Bonchev–Trinajstić information content (AvgIpc) is 2.25. The van der Waals surface area contributed by atoms with Crippen LogP contribution >= 0.6 is 12.2 Å². The van der Waals surface area contributed by atoms with E-state index in [0.717, 1.165) is 23.9 Å². The van der Waals surface area contributed by atoms with Gasteiger partial charge in [-0.1, -0.05) is 6.07 Å². The summed E-state index contributed by atoms with van der Waals surface area (Å²) in [6, 6.07) is 6.40. The van der Waals surface area contributed by atoms with Crippen LogP contribution in [0.2, 0.25) is 0 Å². The maximum Gasteiger partial charge on any atom is 0.173 e. The summed E-state index contributed by atoms with van der Waals surface area (Å²) in [4.78, 5) is 2.19. The number of hydrogen-bond donors (Lipinski definition) is 1. The maximum absolute atomic E-state index is 5.73. The van der Waals surface area contributed by atoms with Crippen LogP contribution in [0.3, 0.4) is 0 Å². The average molecular weight is 278 g/mol. The van der Waals surface area contributed by atoms with Crippen LogP contribution < -0.4 is 5.32 Å². The third-order valence-electron chi connectivity index (χ3n) is 3.18. The quantitative estimate of drug-likeness (QED) is 0.798. The molecule has 2 rings (SSSR count). The Morgan fingerprint density at radius 3 is 2.21 bits per heavy atom. The van der Waals surface area contributed by atoms with E-state index in [-0.39, 0.29) is 12.2 Å². The first-order chi connectivity index (χ1) is 8.94. The highest BCUT2D eigenvalue weighted by Gasteiger charge is 2.23. The lowest BCUT2D eigenvalue weighted by molar-refractivity contribution is -0.0473. The van der Waals surface area contributed by atoms with E-state index in [4.69, 9.17) is 17.0 Å². The van der Waals surface area contributed by atoms with Crippen LogP contribution in [0.1, 0.15) is 25.0 Å². The molecular weight excluding hydrogens is 256 g/mol. The van der Waals surface area contributed by atoms with Crippen LogP contribution in [-0.4, -0.2) is 35.3 Å². The van der Waals surface area contributed by atoms with E-state index in [2.05, 4.69) is 56.1 Å². The molecule has 1 aliphatic heterocycles.